The SMILES string of the molecule is Cc1c(Cl)cccc1NC(=O)CCN1C(=O)NC2(CCCCC2)C1=O. The lowest BCUT2D eigenvalue weighted by Gasteiger charge is -2.30. The maximum absolute atomic E-state index is 12.7. The molecule has 1 aliphatic carbocycles. The van der Waals surface area contributed by atoms with Crippen LogP contribution in [0.3, 0.4) is 0 Å². The summed E-state index contributed by atoms with van der Waals surface area (Å²) in [4.78, 5) is 38.2. The van der Waals surface area contributed by atoms with E-state index in [0.29, 0.717) is 23.6 Å². The molecule has 25 heavy (non-hydrogen) atoms. The van der Waals surface area contributed by atoms with Crippen molar-refractivity contribution in [1.82, 2.24) is 10.2 Å². The zero-order valence-electron chi connectivity index (χ0n) is 14.2. The van der Waals surface area contributed by atoms with Gasteiger partial charge >= 0.3 is 6.03 Å². The summed E-state index contributed by atoms with van der Waals surface area (Å²) in [5.41, 5.74) is 0.683. The molecule has 0 bridgehead atoms. The van der Waals surface area contributed by atoms with Crippen molar-refractivity contribution in [2.75, 3.05) is 11.9 Å². The highest BCUT2D eigenvalue weighted by Gasteiger charge is 2.50. The fraction of sp³-hybridized carbons (Fsp3) is 0.500. The second-order valence-electron chi connectivity index (χ2n) is 6.74. The number of halogens is 1. The van der Waals surface area contributed by atoms with Crippen molar-refractivity contribution < 1.29 is 14.4 Å². The van der Waals surface area contributed by atoms with Gasteiger partial charge in [-0.15, -0.1) is 0 Å². The Labute approximate surface area is 151 Å². The normalized spacial score (nSPS) is 19.2. The molecule has 2 fully saturated rings. The van der Waals surface area contributed by atoms with Crippen LogP contribution in [0.1, 0.15) is 44.1 Å². The average Bonchev–Trinajstić information content (AvgIpc) is 2.81. The van der Waals surface area contributed by atoms with E-state index in [9.17, 15) is 14.4 Å². The Morgan fingerprint density at radius 1 is 1.28 bits per heavy atom. The fourth-order valence-corrected chi connectivity index (χ4v) is 3.72. The molecule has 2 N–H and O–H groups in total. The van der Waals surface area contributed by atoms with Crippen LogP contribution >= 0.6 is 11.6 Å². The molecular weight excluding hydrogens is 342 g/mol. The Bertz CT molecular complexity index is 714. The van der Waals surface area contributed by atoms with Gasteiger partial charge in [-0.05, 0) is 37.5 Å². The van der Waals surface area contributed by atoms with Crippen molar-refractivity contribution in [3.63, 3.8) is 0 Å². The Balaban J connectivity index is 1.59. The van der Waals surface area contributed by atoms with Gasteiger partial charge in [-0.3, -0.25) is 14.5 Å². The highest BCUT2D eigenvalue weighted by molar-refractivity contribution is 6.31. The number of imide groups is 1. The summed E-state index contributed by atoms with van der Waals surface area (Å²) in [6, 6.07) is 4.89. The number of rotatable bonds is 4. The number of urea groups is 1. The van der Waals surface area contributed by atoms with Gasteiger partial charge in [-0.2, -0.15) is 0 Å². The number of carbonyl (C=O) groups is 3. The number of nitrogens with one attached hydrogen (secondary N) is 2. The molecule has 3 rings (SSSR count). The van der Waals surface area contributed by atoms with Crippen LogP contribution < -0.4 is 10.6 Å². The Kier molecular flexibility index (Phi) is 4.99. The second kappa shape index (κ2) is 7.04. The van der Waals surface area contributed by atoms with E-state index < -0.39 is 11.6 Å². The molecule has 0 unspecified atom stereocenters. The van der Waals surface area contributed by atoms with Gasteiger partial charge in [0.25, 0.3) is 5.91 Å². The van der Waals surface area contributed by atoms with E-state index in [1.165, 1.54) is 4.90 Å². The molecule has 0 radical (unpaired) electrons. The lowest BCUT2D eigenvalue weighted by Crippen LogP contribution is -2.48. The fourth-order valence-electron chi connectivity index (χ4n) is 3.54. The van der Waals surface area contributed by atoms with E-state index in [1.54, 1.807) is 18.2 Å². The van der Waals surface area contributed by atoms with Crippen molar-refractivity contribution in [2.24, 2.45) is 0 Å². The maximum atomic E-state index is 12.7. The topological polar surface area (TPSA) is 78.5 Å². The first kappa shape index (κ1) is 17.7. The van der Waals surface area contributed by atoms with E-state index in [2.05, 4.69) is 10.6 Å². The van der Waals surface area contributed by atoms with E-state index >= 15 is 0 Å². The van der Waals surface area contributed by atoms with Gasteiger partial charge < -0.3 is 10.6 Å². The Morgan fingerprint density at radius 3 is 2.72 bits per heavy atom. The largest absolute Gasteiger partial charge is 0.326 e. The zero-order chi connectivity index (χ0) is 18.0. The van der Waals surface area contributed by atoms with Gasteiger partial charge in [0.1, 0.15) is 5.54 Å². The van der Waals surface area contributed by atoms with Crippen LogP contribution in [0.5, 0.6) is 0 Å². The van der Waals surface area contributed by atoms with Gasteiger partial charge in [0.15, 0.2) is 0 Å². The molecule has 2 aliphatic rings. The summed E-state index contributed by atoms with van der Waals surface area (Å²) in [5, 5.41) is 6.21. The number of hydrogen-bond acceptors (Lipinski definition) is 3. The molecule has 0 atom stereocenters. The minimum absolute atomic E-state index is 0.0567. The molecule has 7 heteroatoms. The van der Waals surface area contributed by atoms with Crippen LogP contribution in [-0.2, 0) is 9.59 Å². The summed E-state index contributed by atoms with van der Waals surface area (Å²) in [5.74, 6) is -0.445. The molecule has 1 heterocycles. The second-order valence-corrected chi connectivity index (χ2v) is 7.15. The first-order chi connectivity index (χ1) is 11.9. The third-order valence-corrected chi connectivity index (χ3v) is 5.47. The van der Waals surface area contributed by atoms with Crippen molar-refractivity contribution in [1.29, 1.82) is 0 Å². The van der Waals surface area contributed by atoms with Crippen LogP contribution in [0.2, 0.25) is 5.02 Å². The van der Waals surface area contributed by atoms with Gasteiger partial charge in [0.05, 0.1) is 0 Å². The molecule has 4 amide bonds. The van der Waals surface area contributed by atoms with Crippen molar-refractivity contribution in [2.45, 2.75) is 51.0 Å². The van der Waals surface area contributed by atoms with E-state index in [1.807, 2.05) is 6.92 Å². The smallest absolute Gasteiger partial charge is 0.325 e. The minimum Gasteiger partial charge on any atom is -0.326 e. The van der Waals surface area contributed by atoms with Crippen molar-refractivity contribution in [3.05, 3.63) is 28.8 Å². The first-order valence-corrected chi connectivity index (χ1v) is 9.00. The highest BCUT2D eigenvalue weighted by Crippen LogP contribution is 2.33. The average molecular weight is 364 g/mol. The minimum atomic E-state index is -0.741. The van der Waals surface area contributed by atoms with Crippen LogP contribution in [0.15, 0.2) is 18.2 Å². The molecule has 1 aromatic carbocycles. The first-order valence-electron chi connectivity index (χ1n) is 8.62. The van der Waals surface area contributed by atoms with E-state index in [0.717, 1.165) is 24.8 Å². The zero-order valence-corrected chi connectivity index (χ0v) is 15.0. The highest BCUT2D eigenvalue weighted by atomic mass is 35.5. The predicted molar refractivity (Wildman–Crippen MR) is 95.5 cm³/mol. The molecular formula is C18H22ClN3O3. The Hall–Kier alpha value is -2.08. The van der Waals surface area contributed by atoms with Crippen molar-refractivity contribution >= 4 is 35.1 Å². The number of amides is 4. The molecule has 1 aromatic rings. The number of benzene rings is 1. The quantitative estimate of drug-likeness (QED) is 0.806. The number of anilines is 1. The van der Waals surface area contributed by atoms with Gasteiger partial charge in [-0.25, -0.2) is 4.79 Å². The van der Waals surface area contributed by atoms with Crippen LogP contribution in [0.25, 0.3) is 0 Å². The monoisotopic (exact) mass is 363 g/mol. The molecule has 0 aromatic heterocycles. The van der Waals surface area contributed by atoms with E-state index in [-0.39, 0.29) is 24.8 Å². The molecule has 1 saturated heterocycles. The van der Waals surface area contributed by atoms with Gasteiger partial charge in [-0.1, -0.05) is 36.9 Å². The van der Waals surface area contributed by atoms with Crippen LogP contribution in [0.4, 0.5) is 10.5 Å². The van der Waals surface area contributed by atoms with Crippen LogP contribution in [0, 0.1) is 6.92 Å². The standard InChI is InChI=1S/C18H22ClN3O3/c1-12-13(19)6-5-7-14(12)20-15(23)8-11-22-16(24)18(21-17(22)25)9-3-2-4-10-18/h5-7H,2-4,8-11H2,1H3,(H,20,23)(H,21,25). The number of hydrogen-bond donors (Lipinski definition) is 2. The Morgan fingerprint density at radius 2 is 2.00 bits per heavy atom. The van der Waals surface area contributed by atoms with Crippen LogP contribution in [-0.4, -0.2) is 34.8 Å². The lowest BCUT2D eigenvalue weighted by atomic mass is 9.82. The predicted octanol–water partition coefficient (Wildman–Crippen LogP) is 3.23. The summed E-state index contributed by atoms with van der Waals surface area (Å²) in [7, 11) is 0. The number of nitrogens with zero attached hydrogens (tertiary/aromatic N) is 1. The lowest BCUT2D eigenvalue weighted by molar-refractivity contribution is -0.132. The molecule has 1 spiro atoms. The third-order valence-electron chi connectivity index (χ3n) is 5.06. The van der Waals surface area contributed by atoms with Gasteiger partial charge in [0.2, 0.25) is 5.91 Å². The molecule has 134 valence electrons. The molecule has 1 aliphatic heterocycles. The molecule has 1 saturated carbocycles. The maximum Gasteiger partial charge on any atom is 0.325 e. The third kappa shape index (κ3) is 3.49. The molecule has 6 nitrogen and oxygen atoms in total. The summed E-state index contributed by atoms with van der Waals surface area (Å²) in [6.07, 6.45) is 4.39. The number of carbonyl (C=O) groups excluding carboxylic acids is 3. The van der Waals surface area contributed by atoms with Crippen molar-refractivity contribution in [3.8, 4) is 0 Å². The summed E-state index contributed by atoms with van der Waals surface area (Å²) in [6.45, 7) is 1.90. The van der Waals surface area contributed by atoms with E-state index in [4.69, 9.17) is 11.6 Å². The van der Waals surface area contributed by atoms with Gasteiger partial charge in [0, 0.05) is 23.7 Å². The summed E-state index contributed by atoms with van der Waals surface area (Å²) >= 11 is 6.04. The summed E-state index contributed by atoms with van der Waals surface area (Å²) < 4.78 is 0.